The number of hydrogen-bond acceptors (Lipinski definition) is 3. The predicted molar refractivity (Wildman–Crippen MR) is 69.7 cm³/mol. The Balaban J connectivity index is 2.51. The molecule has 0 radical (unpaired) electrons. The van der Waals surface area contributed by atoms with Crippen LogP contribution < -0.4 is 0 Å². The summed E-state index contributed by atoms with van der Waals surface area (Å²) in [5, 5.41) is 12.7. The molecule has 2 rings (SSSR count). The number of halogens is 3. The first-order valence-corrected chi connectivity index (χ1v) is 6.75. The van der Waals surface area contributed by atoms with Crippen LogP contribution in [0.2, 0.25) is 0 Å². The average Bonchev–Trinajstić information content (AvgIpc) is 2.88. The minimum absolute atomic E-state index is 0.330. The maximum absolute atomic E-state index is 12.6. The fraction of sp³-hybridized carbons (Fsp3) is 0.231. The van der Waals surface area contributed by atoms with Gasteiger partial charge in [0, 0.05) is 11.1 Å². The second-order valence-electron chi connectivity index (χ2n) is 3.84. The average molecular weight is 297 g/mol. The summed E-state index contributed by atoms with van der Waals surface area (Å²) < 4.78 is 38.7. The Bertz CT molecular complexity index is 656. The van der Waals surface area contributed by atoms with Crippen molar-refractivity contribution in [1.82, 2.24) is 9.78 Å². The molecule has 20 heavy (non-hydrogen) atoms. The van der Waals surface area contributed by atoms with Crippen molar-refractivity contribution < 1.29 is 13.2 Å². The zero-order valence-corrected chi connectivity index (χ0v) is 11.3. The van der Waals surface area contributed by atoms with Crippen molar-refractivity contribution in [2.75, 3.05) is 5.75 Å². The van der Waals surface area contributed by atoms with Gasteiger partial charge in [-0.3, -0.25) is 0 Å². The van der Waals surface area contributed by atoms with Crippen LogP contribution in [0.5, 0.6) is 0 Å². The van der Waals surface area contributed by atoms with E-state index in [2.05, 4.69) is 5.10 Å². The quantitative estimate of drug-likeness (QED) is 0.807. The molecule has 104 valence electrons. The van der Waals surface area contributed by atoms with Crippen molar-refractivity contribution in [2.45, 2.75) is 18.0 Å². The van der Waals surface area contributed by atoms with Crippen molar-refractivity contribution in [1.29, 1.82) is 5.26 Å². The second-order valence-corrected chi connectivity index (χ2v) is 5.14. The number of rotatable bonds is 3. The summed E-state index contributed by atoms with van der Waals surface area (Å²) in [7, 11) is 0. The summed E-state index contributed by atoms with van der Waals surface area (Å²) in [6.45, 7) is 1.94. The number of benzene rings is 1. The Morgan fingerprint density at radius 3 is 2.65 bits per heavy atom. The molecule has 1 heterocycles. The number of thioether (sulfide) groups is 1. The maximum Gasteiger partial charge on any atom is 0.435 e. The first-order chi connectivity index (χ1) is 9.47. The SMILES string of the molecule is CCSc1cccc(-n2ccc(C(F)(F)F)n2)c1C#N. The summed E-state index contributed by atoms with van der Waals surface area (Å²) in [6, 6.07) is 7.96. The lowest BCUT2D eigenvalue weighted by atomic mass is 10.2. The van der Waals surface area contributed by atoms with Gasteiger partial charge in [-0.1, -0.05) is 13.0 Å². The molecule has 0 N–H and O–H groups in total. The van der Waals surface area contributed by atoms with Crippen LogP contribution in [-0.2, 0) is 6.18 Å². The van der Waals surface area contributed by atoms with E-state index in [1.807, 2.05) is 13.0 Å². The van der Waals surface area contributed by atoms with Gasteiger partial charge in [-0.05, 0) is 24.0 Å². The number of nitriles is 1. The Labute approximate surface area is 118 Å². The minimum Gasteiger partial charge on any atom is -0.239 e. The molecule has 0 atom stereocenters. The van der Waals surface area contributed by atoms with E-state index in [1.165, 1.54) is 18.0 Å². The number of alkyl halides is 3. The van der Waals surface area contributed by atoms with Crippen LogP contribution in [-0.4, -0.2) is 15.5 Å². The molecule has 0 amide bonds. The normalized spacial score (nSPS) is 11.3. The summed E-state index contributed by atoms with van der Waals surface area (Å²) in [5.41, 5.74) is -0.299. The van der Waals surface area contributed by atoms with Gasteiger partial charge in [0.25, 0.3) is 0 Å². The minimum atomic E-state index is -4.49. The van der Waals surface area contributed by atoms with Crippen LogP contribution in [0, 0.1) is 11.3 Å². The second kappa shape index (κ2) is 5.59. The number of nitrogens with zero attached hydrogens (tertiary/aromatic N) is 3. The van der Waals surface area contributed by atoms with Crippen molar-refractivity contribution in [2.24, 2.45) is 0 Å². The molecule has 0 bridgehead atoms. The highest BCUT2D eigenvalue weighted by atomic mass is 32.2. The van der Waals surface area contributed by atoms with E-state index in [4.69, 9.17) is 0 Å². The third-order valence-electron chi connectivity index (χ3n) is 2.54. The fourth-order valence-corrected chi connectivity index (χ4v) is 2.49. The molecule has 0 unspecified atom stereocenters. The van der Waals surface area contributed by atoms with Gasteiger partial charge in [-0.15, -0.1) is 11.8 Å². The highest BCUT2D eigenvalue weighted by Gasteiger charge is 2.33. The third kappa shape index (κ3) is 2.80. The molecular formula is C13H10F3N3S. The number of aromatic nitrogens is 2. The predicted octanol–water partition coefficient (Wildman–Crippen LogP) is 3.87. The van der Waals surface area contributed by atoms with Crippen LogP contribution in [0.3, 0.4) is 0 Å². The van der Waals surface area contributed by atoms with E-state index in [-0.39, 0.29) is 0 Å². The standard InChI is InChI=1S/C13H10F3N3S/c1-2-20-11-5-3-4-10(9(11)8-17)19-7-6-12(18-19)13(14,15)16/h3-7H,2H2,1H3. The zero-order valence-electron chi connectivity index (χ0n) is 10.5. The van der Waals surface area contributed by atoms with Crippen molar-refractivity contribution in [3.63, 3.8) is 0 Å². The topological polar surface area (TPSA) is 41.6 Å². The van der Waals surface area contributed by atoms with Crippen molar-refractivity contribution >= 4 is 11.8 Å². The van der Waals surface area contributed by atoms with Gasteiger partial charge in [0.1, 0.15) is 6.07 Å². The van der Waals surface area contributed by atoms with Crippen molar-refractivity contribution in [3.05, 3.63) is 41.7 Å². The van der Waals surface area contributed by atoms with E-state index in [0.29, 0.717) is 11.3 Å². The van der Waals surface area contributed by atoms with Gasteiger partial charge in [0.05, 0.1) is 11.3 Å². The number of hydrogen-bond donors (Lipinski definition) is 0. The van der Waals surface area contributed by atoms with Crippen LogP contribution in [0.4, 0.5) is 13.2 Å². The van der Waals surface area contributed by atoms with Gasteiger partial charge < -0.3 is 0 Å². The first kappa shape index (κ1) is 14.5. The highest BCUT2D eigenvalue weighted by molar-refractivity contribution is 7.99. The molecule has 7 heteroatoms. The molecule has 0 spiro atoms. The van der Waals surface area contributed by atoms with Gasteiger partial charge >= 0.3 is 6.18 Å². The van der Waals surface area contributed by atoms with Gasteiger partial charge in [-0.25, -0.2) is 4.68 Å². The lowest BCUT2D eigenvalue weighted by Gasteiger charge is -2.08. The molecule has 0 aliphatic carbocycles. The van der Waals surface area contributed by atoms with Crippen LogP contribution in [0.25, 0.3) is 5.69 Å². The van der Waals surface area contributed by atoms with Crippen LogP contribution in [0.1, 0.15) is 18.2 Å². The molecular weight excluding hydrogens is 287 g/mol. The van der Waals surface area contributed by atoms with Gasteiger partial charge in [0.15, 0.2) is 5.69 Å². The summed E-state index contributed by atoms with van der Waals surface area (Å²) in [6.07, 6.45) is -3.28. The molecule has 0 saturated heterocycles. The highest BCUT2D eigenvalue weighted by Crippen LogP contribution is 2.30. The zero-order chi connectivity index (χ0) is 14.8. The summed E-state index contributed by atoms with van der Waals surface area (Å²) in [4.78, 5) is 0.733. The van der Waals surface area contributed by atoms with Gasteiger partial charge in [0.2, 0.25) is 0 Å². The molecule has 1 aromatic heterocycles. The smallest absolute Gasteiger partial charge is 0.239 e. The Kier molecular flexibility index (Phi) is 4.04. The van der Waals surface area contributed by atoms with Crippen molar-refractivity contribution in [3.8, 4) is 11.8 Å². The fourth-order valence-electron chi connectivity index (χ4n) is 1.71. The monoisotopic (exact) mass is 297 g/mol. The summed E-state index contributed by atoms with van der Waals surface area (Å²) in [5.74, 6) is 0.769. The van der Waals surface area contributed by atoms with E-state index >= 15 is 0 Å². The molecule has 2 aromatic rings. The lowest BCUT2D eigenvalue weighted by molar-refractivity contribution is -0.141. The third-order valence-corrected chi connectivity index (χ3v) is 3.48. The molecule has 0 saturated carbocycles. The Hall–Kier alpha value is -1.94. The van der Waals surface area contributed by atoms with Crippen LogP contribution in [0.15, 0.2) is 35.4 Å². The van der Waals surface area contributed by atoms with E-state index in [9.17, 15) is 18.4 Å². The van der Waals surface area contributed by atoms with E-state index in [0.717, 1.165) is 21.4 Å². The molecule has 0 fully saturated rings. The molecule has 3 nitrogen and oxygen atoms in total. The van der Waals surface area contributed by atoms with E-state index < -0.39 is 11.9 Å². The molecule has 0 aliphatic heterocycles. The lowest BCUT2D eigenvalue weighted by Crippen LogP contribution is -2.08. The Morgan fingerprint density at radius 2 is 2.10 bits per heavy atom. The summed E-state index contributed by atoms with van der Waals surface area (Å²) >= 11 is 1.46. The molecule has 1 aromatic carbocycles. The Morgan fingerprint density at radius 1 is 1.35 bits per heavy atom. The largest absolute Gasteiger partial charge is 0.435 e. The van der Waals surface area contributed by atoms with E-state index in [1.54, 1.807) is 18.2 Å². The maximum atomic E-state index is 12.6. The van der Waals surface area contributed by atoms with Crippen LogP contribution >= 0.6 is 11.8 Å². The first-order valence-electron chi connectivity index (χ1n) is 5.76. The molecule has 0 aliphatic rings. The van der Waals surface area contributed by atoms with Gasteiger partial charge in [-0.2, -0.15) is 23.5 Å².